The monoisotopic (exact) mass is 835 g/mol. The van der Waals surface area contributed by atoms with Crippen LogP contribution in [0.5, 0.6) is 0 Å². The largest absolute Gasteiger partial charge is 0.455 e. The molecular formula is C60H37NO2S. The number of hydrogen-bond donors (Lipinski definition) is 0. The molecule has 10 aromatic carbocycles. The maximum Gasteiger partial charge on any atom is 0.159 e. The van der Waals surface area contributed by atoms with Crippen molar-refractivity contribution in [3.8, 4) is 44.5 Å². The first-order chi connectivity index (χ1) is 31.7. The zero-order valence-corrected chi connectivity index (χ0v) is 35.4. The highest BCUT2D eigenvalue weighted by Crippen LogP contribution is 2.53. The highest BCUT2D eigenvalue weighted by Gasteiger charge is 2.28. The highest BCUT2D eigenvalue weighted by atomic mass is 32.1. The molecule has 0 fully saturated rings. The molecule has 0 amide bonds. The van der Waals surface area contributed by atoms with Crippen LogP contribution in [0, 0.1) is 0 Å². The molecule has 0 radical (unpaired) electrons. The summed E-state index contributed by atoms with van der Waals surface area (Å²) in [5.41, 5.74) is 15.4. The van der Waals surface area contributed by atoms with Crippen molar-refractivity contribution >= 4 is 92.4 Å². The highest BCUT2D eigenvalue weighted by molar-refractivity contribution is 7.26. The van der Waals surface area contributed by atoms with Crippen molar-refractivity contribution in [3.05, 3.63) is 224 Å². The van der Waals surface area contributed by atoms with Gasteiger partial charge in [0.2, 0.25) is 0 Å². The SMILES string of the molecule is c1ccc(-c2ccc3c(c2)oc2c(-c4ccccc4)ccc(N(c4cccc5c4oc4ccccc45)c4cc(-c5ccccc5)cc5sc6cc(-c7ccccc7)ccc6c45)c23)cc1. The van der Waals surface area contributed by atoms with Gasteiger partial charge in [0, 0.05) is 41.9 Å². The van der Waals surface area contributed by atoms with Gasteiger partial charge in [0.1, 0.15) is 16.7 Å². The van der Waals surface area contributed by atoms with Gasteiger partial charge in [-0.3, -0.25) is 0 Å². The van der Waals surface area contributed by atoms with Gasteiger partial charge in [0.05, 0.1) is 22.4 Å². The summed E-state index contributed by atoms with van der Waals surface area (Å²) in [6.45, 7) is 0. The Hall–Kier alpha value is -8.18. The van der Waals surface area contributed by atoms with Gasteiger partial charge in [0.15, 0.2) is 5.58 Å². The quantitative estimate of drug-likeness (QED) is 0.160. The molecule has 0 bridgehead atoms. The lowest BCUT2D eigenvalue weighted by Gasteiger charge is -2.28. The summed E-state index contributed by atoms with van der Waals surface area (Å²) in [5, 5.41) is 6.63. The molecule has 0 saturated heterocycles. The van der Waals surface area contributed by atoms with Gasteiger partial charge in [0.25, 0.3) is 0 Å². The molecule has 0 spiro atoms. The lowest BCUT2D eigenvalue weighted by Crippen LogP contribution is -2.11. The van der Waals surface area contributed by atoms with Crippen molar-refractivity contribution < 1.29 is 8.83 Å². The van der Waals surface area contributed by atoms with E-state index in [1.54, 1.807) is 0 Å². The van der Waals surface area contributed by atoms with E-state index in [0.717, 1.165) is 94.3 Å². The van der Waals surface area contributed by atoms with E-state index in [1.807, 2.05) is 17.4 Å². The summed E-state index contributed by atoms with van der Waals surface area (Å²) in [7, 11) is 0. The minimum atomic E-state index is 0.826. The van der Waals surface area contributed by atoms with Crippen LogP contribution in [0.4, 0.5) is 17.1 Å². The van der Waals surface area contributed by atoms with Crippen LogP contribution in [-0.4, -0.2) is 0 Å². The number of nitrogens with zero attached hydrogens (tertiary/aromatic N) is 1. The van der Waals surface area contributed by atoms with E-state index in [-0.39, 0.29) is 0 Å². The smallest absolute Gasteiger partial charge is 0.159 e. The van der Waals surface area contributed by atoms with E-state index < -0.39 is 0 Å². The average molecular weight is 836 g/mol. The lowest BCUT2D eigenvalue weighted by molar-refractivity contribution is 0.668. The van der Waals surface area contributed by atoms with Crippen LogP contribution in [0.3, 0.4) is 0 Å². The van der Waals surface area contributed by atoms with Crippen molar-refractivity contribution in [2.24, 2.45) is 0 Å². The van der Waals surface area contributed by atoms with Crippen molar-refractivity contribution in [2.75, 3.05) is 4.90 Å². The molecule has 3 aromatic heterocycles. The Morgan fingerprint density at radius 2 is 0.875 bits per heavy atom. The second kappa shape index (κ2) is 14.7. The number of para-hydroxylation sites is 2. The number of rotatable bonds is 7. The molecule has 0 saturated carbocycles. The van der Waals surface area contributed by atoms with Crippen molar-refractivity contribution in [1.29, 1.82) is 0 Å². The van der Waals surface area contributed by atoms with Gasteiger partial charge in [-0.1, -0.05) is 170 Å². The van der Waals surface area contributed by atoms with E-state index in [9.17, 15) is 0 Å². The van der Waals surface area contributed by atoms with E-state index in [0.29, 0.717) is 0 Å². The molecule has 3 heterocycles. The van der Waals surface area contributed by atoms with Crippen LogP contribution in [0.15, 0.2) is 233 Å². The number of anilines is 3. The first kappa shape index (κ1) is 36.5. The lowest BCUT2D eigenvalue weighted by atomic mass is 9.97. The average Bonchev–Trinajstić information content (AvgIpc) is 4.07. The molecule has 0 atom stereocenters. The molecule has 0 unspecified atom stereocenters. The van der Waals surface area contributed by atoms with Gasteiger partial charge in [-0.2, -0.15) is 0 Å². The normalized spacial score (nSPS) is 11.8. The van der Waals surface area contributed by atoms with Gasteiger partial charge in [-0.25, -0.2) is 0 Å². The standard InChI is InChI=1S/C60H37NO2S/c1-5-16-38(17-6-1)42-28-30-48-54(35-42)63-60-45(41-22-11-4-12-23-41)32-33-50(58(48)60)61(51-26-15-25-47-46-24-13-14-27-53(46)62-59(47)51)52-34-44(40-20-9-3-10-21-40)37-56-57(52)49-31-29-43(36-55(49)64-56)39-18-7-2-8-19-39/h1-37H. The second-order valence-electron chi connectivity index (χ2n) is 16.4. The molecule has 0 aliphatic heterocycles. The molecule has 0 N–H and O–H groups in total. The zero-order chi connectivity index (χ0) is 42.1. The Morgan fingerprint density at radius 3 is 1.59 bits per heavy atom. The van der Waals surface area contributed by atoms with Crippen LogP contribution < -0.4 is 4.90 Å². The number of furan rings is 2. The Morgan fingerprint density at radius 1 is 0.297 bits per heavy atom. The number of benzene rings is 10. The maximum absolute atomic E-state index is 7.14. The summed E-state index contributed by atoms with van der Waals surface area (Å²) in [4.78, 5) is 2.45. The Balaban J connectivity index is 1.17. The van der Waals surface area contributed by atoms with E-state index in [2.05, 4.69) is 223 Å². The van der Waals surface area contributed by atoms with Crippen LogP contribution >= 0.6 is 11.3 Å². The van der Waals surface area contributed by atoms with Crippen LogP contribution in [0.25, 0.3) is 109 Å². The molecular weight excluding hydrogens is 799 g/mol. The molecule has 64 heavy (non-hydrogen) atoms. The third-order valence-corrected chi connectivity index (χ3v) is 13.8. The molecule has 13 aromatic rings. The predicted molar refractivity (Wildman–Crippen MR) is 270 cm³/mol. The second-order valence-corrected chi connectivity index (χ2v) is 17.5. The van der Waals surface area contributed by atoms with Gasteiger partial charge in [-0.15, -0.1) is 11.3 Å². The van der Waals surface area contributed by atoms with Gasteiger partial charge >= 0.3 is 0 Å². The Bertz CT molecular complexity index is 3890. The molecule has 4 heteroatoms. The third-order valence-electron chi connectivity index (χ3n) is 12.7. The first-order valence-corrected chi connectivity index (χ1v) is 22.5. The van der Waals surface area contributed by atoms with Crippen molar-refractivity contribution in [3.63, 3.8) is 0 Å². The molecule has 3 nitrogen and oxygen atoms in total. The van der Waals surface area contributed by atoms with Gasteiger partial charge in [-0.05, 0) is 93.5 Å². The summed E-state index contributed by atoms with van der Waals surface area (Å²) in [6.07, 6.45) is 0. The zero-order valence-electron chi connectivity index (χ0n) is 34.5. The number of fused-ring (bicyclic) bond motifs is 9. The Kier molecular flexibility index (Phi) is 8.40. The number of hydrogen-bond acceptors (Lipinski definition) is 4. The predicted octanol–water partition coefficient (Wildman–Crippen LogP) is 18.0. The van der Waals surface area contributed by atoms with Crippen LogP contribution in [0.1, 0.15) is 0 Å². The van der Waals surface area contributed by atoms with Gasteiger partial charge < -0.3 is 13.7 Å². The number of thiophene rings is 1. The third kappa shape index (κ3) is 5.88. The van der Waals surface area contributed by atoms with E-state index in [4.69, 9.17) is 8.83 Å². The summed E-state index contributed by atoms with van der Waals surface area (Å²) in [6, 6.07) is 80.3. The van der Waals surface area contributed by atoms with Crippen molar-refractivity contribution in [2.45, 2.75) is 0 Å². The topological polar surface area (TPSA) is 29.5 Å². The van der Waals surface area contributed by atoms with E-state index >= 15 is 0 Å². The summed E-state index contributed by atoms with van der Waals surface area (Å²) in [5.74, 6) is 0. The minimum absolute atomic E-state index is 0.826. The summed E-state index contributed by atoms with van der Waals surface area (Å²) < 4.78 is 16.5. The minimum Gasteiger partial charge on any atom is -0.455 e. The summed E-state index contributed by atoms with van der Waals surface area (Å²) >= 11 is 1.85. The molecule has 0 aliphatic rings. The molecule has 300 valence electrons. The molecule has 0 aliphatic carbocycles. The Labute approximate surface area is 373 Å². The fraction of sp³-hybridized carbons (Fsp3) is 0. The fourth-order valence-corrected chi connectivity index (χ4v) is 10.9. The first-order valence-electron chi connectivity index (χ1n) is 21.7. The fourth-order valence-electron chi connectivity index (χ4n) is 9.67. The molecule has 13 rings (SSSR count). The van der Waals surface area contributed by atoms with Crippen molar-refractivity contribution in [1.82, 2.24) is 0 Å². The van der Waals surface area contributed by atoms with Crippen LogP contribution in [-0.2, 0) is 0 Å². The maximum atomic E-state index is 7.14. The van der Waals surface area contributed by atoms with Crippen LogP contribution in [0.2, 0.25) is 0 Å². The van der Waals surface area contributed by atoms with E-state index in [1.165, 1.54) is 31.3 Å².